The summed E-state index contributed by atoms with van der Waals surface area (Å²) in [6, 6.07) is 8.30. The Labute approximate surface area is 75.7 Å². The maximum Gasteiger partial charge on any atom is 0.425 e. The van der Waals surface area contributed by atoms with E-state index in [0.29, 0.717) is 5.56 Å². The van der Waals surface area contributed by atoms with Crippen molar-refractivity contribution in [2.45, 2.75) is 0 Å². The van der Waals surface area contributed by atoms with Crippen LogP contribution in [0.2, 0.25) is 0 Å². The number of hydrogen-bond acceptors (Lipinski definition) is 4. The van der Waals surface area contributed by atoms with E-state index in [4.69, 9.17) is 17.7 Å². The first-order valence-electron chi connectivity index (χ1n) is 3.09. The smallest absolute Gasteiger partial charge is 0.425 e. The highest BCUT2D eigenvalue weighted by atomic mass is 32.2. The predicted octanol–water partition coefficient (Wildman–Crippen LogP) is 0.381. The topological polar surface area (TPSA) is 88.5 Å². The molecule has 0 aliphatic heterocycles. The van der Waals surface area contributed by atoms with Crippen LogP contribution in [0.3, 0.4) is 0 Å². The van der Waals surface area contributed by atoms with Gasteiger partial charge in [0.05, 0.1) is 5.56 Å². The molecule has 0 aliphatic rings. The van der Waals surface area contributed by atoms with Crippen LogP contribution < -0.4 is 0 Å². The van der Waals surface area contributed by atoms with Gasteiger partial charge in [0, 0.05) is 0 Å². The summed E-state index contributed by atoms with van der Waals surface area (Å²) in [5.74, 6) is -0.879. The molecule has 0 atom stereocenters. The second-order valence-corrected chi connectivity index (χ2v) is 2.28. The summed E-state index contributed by atoms with van der Waals surface area (Å²) in [7, 11) is -3.11. The Bertz CT molecular complexity index is 359. The lowest BCUT2D eigenvalue weighted by Gasteiger charge is -1.88. The lowest BCUT2D eigenvalue weighted by atomic mass is 10.2. The number of rotatable bonds is 1. The summed E-state index contributed by atoms with van der Waals surface area (Å²) >= 11 is 0. The van der Waals surface area contributed by atoms with E-state index in [-0.39, 0.29) is 0 Å². The lowest BCUT2D eigenvalue weighted by molar-refractivity contribution is 0.0697. The Morgan fingerprint density at radius 2 is 1.46 bits per heavy atom. The van der Waals surface area contributed by atoms with E-state index in [0.717, 1.165) is 0 Å². The van der Waals surface area contributed by atoms with Gasteiger partial charge in [0.15, 0.2) is 0 Å². The Hall–Kier alpha value is -1.69. The molecule has 0 amide bonds. The monoisotopic (exact) mass is 202 g/mol. The van der Waals surface area contributed by atoms with Crippen LogP contribution in [0.1, 0.15) is 10.4 Å². The van der Waals surface area contributed by atoms with Crippen molar-refractivity contribution in [2.75, 3.05) is 0 Å². The van der Waals surface area contributed by atoms with E-state index in [1.54, 1.807) is 30.3 Å². The molecule has 6 heteroatoms. The molecule has 13 heavy (non-hydrogen) atoms. The van der Waals surface area contributed by atoms with Gasteiger partial charge in [-0.05, 0) is 12.1 Å². The van der Waals surface area contributed by atoms with E-state index < -0.39 is 16.6 Å². The molecular formula is C7H6O5S. The third-order valence-corrected chi connectivity index (χ3v) is 1.02. The van der Waals surface area contributed by atoms with Crippen molar-refractivity contribution in [3.63, 3.8) is 0 Å². The zero-order chi connectivity index (χ0) is 10.3. The Kier molecular flexibility index (Phi) is 5.13. The molecule has 5 nitrogen and oxygen atoms in total. The molecule has 1 rings (SSSR count). The van der Waals surface area contributed by atoms with Crippen LogP contribution in [-0.4, -0.2) is 23.7 Å². The summed E-state index contributed by atoms with van der Waals surface area (Å²) < 4.78 is 25.3. The minimum absolute atomic E-state index is 0.331. The summed E-state index contributed by atoms with van der Waals surface area (Å²) in [6.45, 7) is 0. The Morgan fingerprint density at radius 1 is 1.08 bits per heavy atom. The van der Waals surface area contributed by atoms with Crippen molar-refractivity contribution in [1.29, 1.82) is 0 Å². The largest absolute Gasteiger partial charge is 0.478 e. The number of carbonyl (C=O) groups is 1. The predicted molar refractivity (Wildman–Crippen MR) is 43.1 cm³/mol. The van der Waals surface area contributed by atoms with Gasteiger partial charge in [-0.1, -0.05) is 18.2 Å². The first kappa shape index (κ1) is 11.3. The Balaban J connectivity index is 0.000000310. The fraction of sp³-hybridized carbons (Fsp3) is 0. The van der Waals surface area contributed by atoms with Gasteiger partial charge < -0.3 is 5.11 Å². The van der Waals surface area contributed by atoms with E-state index >= 15 is 0 Å². The molecule has 1 aromatic rings. The highest BCUT2D eigenvalue weighted by Gasteiger charge is 1.96. The molecule has 1 N–H and O–H groups in total. The van der Waals surface area contributed by atoms with Gasteiger partial charge in [-0.2, -0.15) is 0 Å². The molecule has 0 aliphatic carbocycles. The summed E-state index contributed by atoms with van der Waals surface area (Å²) in [4.78, 5) is 10.2. The fourth-order valence-corrected chi connectivity index (χ4v) is 0.581. The van der Waals surface area contributed by atoms with Crippen LogP contribution in [-0.2, 0) is 10.6 Å². The van der Waals surface area contributed by atoms with Crippen LogP contribution >= 0.6 is 0 Å². The van der Waals surface area contributed by atoms with Gasteiger partial charge in [0.2, 0.25) is 0 Å². The molecule has 0 radical (unpaired) electrons. The van der Waals surface area contributed by atoms with Crippen LogP contribution in [0.25, 0.3) is 0 Å². The number of hydrogen-bond donors (Lipinski definition) is 1. The van der Waals surface area contributed by atoms with Gasteiger partial charge in [0.25, 0.3) is 0 Å². The van der Waals surface area contributed by atoms with Crippen molar-refractivity contribution in [1.82, 2.24) is 0 Å². The second kappa shape index (κ2) is 5.90. The quantitative estimate of drug-likeness (QED) is 0.711. The van der Waals surface area contributed by atoms with Crippen LogP contribution in [0, 0.1) is 0 Å². The van der Waals surface area contributed by atoms with Gasteiger partial charge in [0.1, 0.15) is 0 Å². The summed E-state index contributed by atoms with van der Waals surface area (Å²) in [5, 5.41) is 8.38. The molecule has 0 saturated carbocycles. The number of aromatic carboxylic acids is 1. The van der Waals surface area contributed by atoms with E-state index in [9.17, 15) is 4.79 Å². The van der Waals surface area contributed by atoms with Gasteiger partial charge in [-0.3, -0.25) is 0 Å². The zero-order valence-corrected chi connectivity index (χ0v) is 7.19. The molecule has 0 heterocycles. The fourth-order valence-electron chi connectivity index (χ4n) is 0.581. The molecule has 0 saturated heterocycles. The average molecular weight is 202 g/mol. The number of carboxylic acid groups (broad SMARTS) is 1. The van der Waals surface area contributed by atoms with Gasteiger partial charge in [-0.25, -0.2) is 4.79 Å². The second-order valence-electron chi connectivity index (χ2n) is 1.88. The van der Waals surface area contributed by atoms with E-state index in [1.807, 2.05) is 0 Å². The number of carboxylic acids is 1. The van der Waals surface area contributed by atoms with Crippen LogP contribution in [0.5, 0.6) is 0 Å². The van der Waals surface area contributed by atoms with Crippen molar-refractivity contribution in [2.24, 2.45) is 0 Å². The first-order chi connectivity index (χ1) is 6.04. The van der Waals surface area contributed by atoms with E-state index in [1.165, 1.54) is 0 Å². The van der Waals surface area contributed by atoms with Crippen molar-refractivity contribution in [3.05, 3.63) is 35.9 Å². The van der Waals surface area contributed by atoms with Crippen LogP contribution in [0.4, 0.5) is 0 Å². The Morgan fingerprint density at radius 3 is 1.69 bits per heavy atom. The molecule has 0 aromatic heterocycles. The van der Waals surface area contributed by atoms with Crippen molar-refractivity contribution >= 4 is 16.6 Å². The minimum atomic E-state index is -3.11. The van der Waals surface area contributed by atoms with Crippen molar-refractivity contribution in [3.8, 4) is 0 Å². The molecular weight excluding hydrogens is 196 g/mol. The lowest BCUT2D eigenvalue weighted by Crippen LogP contribution is -1.93. The molecule has 1 aromatic carbocycles. The molecule has 0 bridgehead atoms. The van der Waals surface area contributed by atoms with Gasteiger partial charge >= 0.3 is 16.6 Å². The zero-order valence-electron chi connectivity index (χ0n) is 6.38. The van der Waals surface area contributed by atoms with Crippen molar-refractivity contribution < 1.29 is 22.5 Å². The minimum Gasteiger partial charge on any atom is -0.478 e. The maximum atomic E-state index is 10.2. The normalized spacial score (nSPS) is 8.00. The van der Waals surface area contributed by atoms with Gasteiger partial charge in [-0.15, -0.1) is 12.6 Å². The summed E-state index contributed by atoms with van der Waals surface area (Å²) in [5.41, 5.74) is 0.331. The number of benzene rings is 1. The molecule has 0 fully saturated rings. The van der Waals surface area contributed by atoms with E-state index in [2.05, 4.69) is 0 Å². The maximum absolute atomic E-state index is 10.2. The molecule has 70 valence electrons. The highest BCUT2D eigenvalue weighted by molar-refractivity contribution is 7.59. The molecule has 0 unspecified atom stereocenters. The third kappa shape index (κ3) is 6.70. The average Bonchev–Trinajstić information content (AvgIpc) is 2.05. The van der Waals surface area contributed by atoms with Crippen LogP contribution in [0.15, 0.2) is 30.3 Å². The third-order valence-electron chi connectivity index (χ3n) is 1.02. The SMILES string of the molecule is O=C(O)c1ccccc1.O=S(=O)=O. The molecule has 0 spiro atoms. The first-order valence-corrected chi connectivity index (χ1v) is 4.09. The highest BCUT2D eigenvalue weighted by Crippen LogP contribution is 1.96. The summed E-state index contributed by atoms with van der Waals surface area (Å²) in [6.07, 6.45) is 0. The standard InChI is InChI=1S/C7H6O2.O3S/c8-7(9)6-4-2-1-3-5-6;1-4(2)3/h1-5H,(H,8,9);.